The summed E-state index contributed by atoms with van der Waals surface area (Å²) in [6, 6.07) is 24.4. The van der Waals surface area contributed by atoms with Crippen LogP contribution >= 0.6 is 0 Å². The van der Waals surface area contributed by atoms with Crippen LogP contribution in [0.2, 0.25) is 0 Å². The number of benzene rings is 2. The van der Waals surface area contributed by atoms with Gasteiger partial charge >= 0.3 is 0 Å². The molecule has 1 N–H and O–H groups in total. The standard InChI is InChI=1S/C22H18N4O/c27-22(18-10-6-11-19(16-18)26-15-7-14-24-26)25-21(17-8-2-1-3-9-17)20-12-4-5-13-23-20/h1-16,21H,(H,25,27)/t21-/m1/s1. The molecule has 2 aromatic heterocycles. The van der Waals surface area contributed by atoms with Gasteiger partial charge in [0.2, 0.25) is 0 Å². The number of amides is 1. The van der Waals surface area contributed by atoms with Crippen LogP contribution in [0.4, 0.5) is 0 Å². The van der Waals surface area contributed by atoms with E-state index in [9.17, 15) is 4.79 Å². The van der Waals surface area contributed by atoms with Crippen molar-refractivity contribution >= 4 is 5.91 Å². The number of nitrogens with one attached hydrogen (secondary N) is 1. The molecule has 0 unspecified atom stereocenters. The van der Waals surface area contributed by atoms with Crippen LogP contribution in [-0.4, -0.2) is 20.7 Å². The van der Waals surface area contributed by atoms with Crippen LogP contribution in [0.3, 0.4) is 0 Å². The molecule has 5 heteroatoms. The van der Waals surface area contributed by atoms with Gasteiger partial charge in [-0.05, 0) is 42.0 Å². The third kappa shape index (κ3) is 3.77. The second-order valence-corrected chi connectivity index (χ2v) is 6.07. The van der Waals surface area contributed by atoms with Crippen molar-refractivity contribution in [3.8, 4) is 5.69 Å². The van der Waals surface area contributed by atoms with E-state index in [1.54, 1.807) is 23.1 Å². The lowest BCUT2D eigenvalue weighted by molar-refractivity contribution is 0.0942. The van der Waals surface area contributed by atoms with Crippen LogP contribution < -0.4 is 5.32 Å². The van der Waals surface area contributed by atoms with Crippen molar-refractivity contribution in [1.82, 2.24) is 20.1 Å². The van der Waals surface area contributed by atoms with Gasteiger partial charge in [-0.2, -0.15) is 5.10 Å². The predicted molar refractivity (Wildman–Crippen MR) is 104 cm³/mol. The van der Waals surface area contributed by atoms with E-state index >= 15 is 0 Å². The molecule has 4 aromatic rings. The average molecular weight is 354 g/mol. The highest BCUT2D eigenvalue weighted by molar-refractivity contribution is 5.95. The number of hydrogen-bond acceptors (Lipinski definition) is 3. The van der Waals surface area contributed by atoms with Gasteiger partial charge in [-0.25, -0.2) is 4.68 Å². The molecule has 2 aromatic carbocycles. The van der Waals surface area contributed by atoms with Gasteiger partial charge in [0, 0.05) is 24.2 Å². The predicted octanol–water partition coefficient (Wildman–Crippen LogP) is 3.79. The number of pyridine rings is 1. The van der Waals surface area contributed by atoms with Crippen LogP contribution in [0, 0.1) is 0 Å². The summed E-state index contributed by atoms with van der Waals surface area (Å²) in [5.74, 6) is -0.163. The Morgan fingerprint density at radius 2 is 1.74 bits per heavy atom. The summed E-state index contributed by atoms with van der Waals surface area (Å²) in [6.45, 7) is 0. The topological polar surface area (TPSA) is 59.8 Å². The molecule has 0 aliphatic heterocycles. The largest absolute Gasteiger partial charge is 0.340 e. The highest BCUT2D eigenvalue weighted by Crippen LogP contribution is 2.21. The molecular weight excluding hydrogens is 336 g/mol. The summed E-state index contributed by atoms with van der Waals surface area (Å²) in [6.07, 6.45) is 5.28. The van der Waals surface area contributed by atoms with E-state index in [0.717, 1.165) is 16.9 Å². The number of carbonyl (C=O) groups is 1. The summed E-state index contributed by atoms with van der Waals surface area (Å²) in [5.41, 5.74) is 3.18. The van der Waals surface area contributed by atoms with Gasteiger partial charge in [-0.1, -0.05) is 42.5 Å². The maximum Gasteiger partial charge on any atom is 0.252 e. The Balaban J connectivity index is 1.64. The second-order valence-electron chi connectivity index (χ2n) is 6.07. The molecule has 0 saturated heterocycles. The highest BCUT2D eigenvalue weighted by Gasteiger charge is 2.19. The summed E-state index contributed by atoms with van der Waals surface area (Å²) in [5, 5.41) is 7.33. The van der Waals surface area contributed by atoms with Crippen LogP contribution in [0.25, 0.3) is 5.69 Å². The lowest BCUT2D eigenvalue weighted by Gasteiger charge is -2.19. The van der Waals surface area contributed by atoms with Gasteiger partial charge < -0.3 is 5.32 Å². The Morgan fingerprint density at radius 3 is 2.48 bits per heavy atom. The van der Waals surface area contributed by atoms with Crippen LogP contribution in [0.5, 0.6) is 0 Å². The normalized spacial score (nSPS) is 11.7. The van der Waals surface area contributed by atoms with Crippen molar-refractivity contribution in [2.75, 3.05) is 0 Å². The molecule has 132 valence electrons. The van der Waals surface area contributed by atoms with Gasteiger partial charge in [0.25, 0.3) is 5.91 Å². The first-order valence-corrected chi connectivity index (χ1v) is 8.68. The van der Waals surface area contributed by atoms with Crippen LogP contribution in [-0.2, 0) is 0 Å². The fourth-order valence-corrected chi connectivity index (χ4v) is 2.95. The van der Waals surface area contributed by atoms with Crippen molar-refractivity contribution in [3.05, 3.63) is 114 Å². The molecule has 0 radical (unpaired) electrons. The number of rotatable bonds is 5. The van der Waals surface area contributed by atoms with E-state index in [0.29, 0.717) is 5.56 Å². The molecule has 0 saturated carbocycles. The molecule has 0 spiro atoms. The first-order chi connectivity index (χ1) is 13.3. The number of hydrogen-bond donors (Lipinski definition) is 1. The molecule has 1 amide bonds. The molecule has 2 heterocycles. The summed E-state index contributed by atoms with van der Waals surface area (Å²) in [7, 11) is 0. The van der Waals surface area contributed by atoms with E-state index in [4.69, 9.17) is 0 Å². The molecule has 0 aliphatic rings. The number of nitrogens with zero attached hydrogens (tertiary/aromatic N) is 3. The zero-order valence-corrected chi connectivity index (χ0v) is 14.6. The van der Waals surface area contributed by atoms with Gasteiger partial charge in [0.05, 0.1) is 17.4 Å². The molecule has 5 nitrogen and oxygen atoms in total. The zero-order chi connectivity index (χ0) is 18.5. The first kappa shape index (κ1) is 16.7. The fraction of sp³-hybridized carbons (Fsp3) is 0.0455. The lowest BCUT2D eigenvalue weighted by atomic mass is 10.0. The molecule has 0 fully saturated rings. The maximum absolute atomic E-state index is 13.0. The molecule has 1 atom stereocenters. The Bertz CT molecular complexity index is 975. The Kier molecular flexibility index (Phi) is 4.74. The molecular formula is C22H18N4O. The minimum atomic E-state index is -0.326. The fourth-order valence-electron chi connectivity index (χ4n) is 2.95. The van der Waals surface area contributed by atoms with Crippen molar-refractivity contribution in [3.63, 3.8) is 0 Å². The van der Waals surface area contributed by atoms with Gasteiger partial charge in [-0.15, -0.1) is 0 Å². The minimum Gasteiger partial charge on any atom is -0.340 e. The quantitative estimate of drug-likeness (QED) is 0.593. The SMILES string of the molecule is O=C(N[C@H](c1ccccc1)c1ccccn1)c1cccc(-n2cccn2)c1. The van der Waals surface area contributed by atoms with Crippen molar-refractivity contribution < 1.29 is 4.79 Å². The van der Waals surface area contributed by atoms with Crippen molar-refractivity contribution in [2.45, 2.75) is 6.04 Å². The van der Waals surface area contributed by atoms with E-state index in [2.05, 4.69) is 15.4 Å². The zero-order valence-electron chi connectivity index (χ0n) is 14.6. The minimum absolute atomic E-state index is 0.163. The second kappa shape index (κ2) is 7.66. The molecule has 27 heavy (non-hydrogen) atoms. The molecule has 0 bridgehead atoms. The number of aromatic nitrogens is 3. The molecule has 4 rings (SSSR count). The van der Waals surface area contributed by atoms with E-state index in [-0.39, 0.29) is 11.9 Å². The van der Waals surface area contributed by atoms with E-state index in [1.807, 2.05) is 79.0 Å². The van der Waals surface area contributed by atoms with E-state index < -0.39 is 0 Å². The Hall–Kier alpha value is -3.73. The van der Waals surface area contributed by atoms with Gasteiger partial charge in [0.1, 0.15) is 0 Å². The summed E-state index contributed by atoms with van der Waals surface area (Å²) < 4.78 is 1.73. The smallest absolute Gasteiger partial charge is 0.252 e. The van der Waals surface area contributed by atoms with Crippen molar-refractivity contribution in [2.24, 2.45) is 0 Å². The van der Waals surface area contributed by atoms with Gasteiger partial charge in [0.15, 0.2) is 0 Å². The Morgan fingerprint density at radius 1 is 0.889 bits per heavy atom. The van der Waals surface area contributed by atoms with E-state index in [1.165, 1.54) is 0 Å². The monoisotopic (exact) mass is 354 g/mol. The van der Waals surface area contributed by atoms with Gasteiger partial charge in [-0.3, -0.25) is 9.78 Å². The lowest BCUT2D eigenvalue weighted by Crippen LogP contribution is -2.30. The third-order valence-corrected chi connectivity index (χ3v) is 4.27. The first-order valence-electron chi connectivity index (χ1n) is 8.68. The maximum atomic E-state index is 13.0. The number of carbonyl (C=O) groups excluding carboxylic acids is 1. The average Bonchev–Trinajstić information content (AvgIpc) is 3.28. The highest BCUT2D eigenvalue weighted by atomic mass is 16.1. The van der Waals surface area contributed by atoms with Crippen LogP contribution in [0.15, 0.2) is 97.5 Å². The van der Waals surface area contributed by atoms with Crippen molar-refractivity contribution in [1.29, 1.82) is 0 Å². The summed E-state index contributed by atoms with van der Waals surface area (Å²) >= 11 is 0. The van der Waals surface area contributed by atoms with Crippen LogP contribution in [0.1, 0.15) is 27.7 Å². The third-order valence-electron chi connectivity index (χ3n) is 4.27. The Labute approximate surface area is 157 Å². The molecule has 0 aliphatic carbocycles. The summed E-state index contributed by atoms with van der Waals surface area (Å²) in [4.78, 5) is 17.4.